The van der Waals surface area contributed by atoms with Crippen LogP contribution in [0.4, 0.5) is 16.5 Å². The molecule has 2 heterocycles. The first-order valence-electron chi connectivity index (χ1n) is 10.5. The Kier molecular flexibility index (Phi) is 7.25. The van der Waals surface area contributed by atoms with Gasteiger partial charge in [0, 0.05) is 42.6 Å². The van der Waals surface area contributed by atoms with Gasteiger partial charge in [-0.1, -0.05) is 40.6 Å². The van der Waals surface area contributed by atoms with E-state index >= 15 is 0 Å². The summed E-state index contributed by atoms with van der Waals surface area (Å²) in [5.74, 6) is -0.767. The highest BCUT2D eigenvalue weighted by atomic mass is 35.5. The SMILES string of the molecule is COc1cc(NC(C)=O)c(Cl)cc1C(=O)Nc1nnc(C2CC(=O)N(c3ccc(C)c(Cl)c3)C2)s1. The van der Waals surface area contributed by atoms with Crippen molar-refractivity contribution in [3.8, 4) is 5.75 Å². The van der Waals surface area contributed by atoms with Crippen molar-refractivity contribution in [1.29, 1.82) is 0 Å². The molecule has 1 aliphatic heterocycles. The normalized spacial score (nSPS) is 15.3. The minimum Gasteiger partial charge on any atom is -0.496 e. The molecule has 12 heteroatoms. The molecular formula is C23H21Cl2N5O4S. The summed E-state index contributed by atoms with van der Waals surface area (Å²) < 4.78 is 5.29. The fraction of sp³-hybridized carbons (Fsp3) is 0.261. The Hall–Kier alpha value is -3.21. The van der Waals surface area contributed by atoms with Crippen LogP contribution in [-0.4, -0.2) is 41.6 Å². The van der Waals surface area contributed by atoms with Crippen molar-refractivity contribution < 1.29 is 19.1 Å². The second kappa shape index (κ2) is 10.2. The van der Waals surface area contributed by atoms with E-state index in [9.17, 15) is 14.4 Å². The van der Waals surface area contributed by atoms with E-state index in [1.807, 2.05) is 19.1 Å². The lowest BCUT2D eigenvalue weighted by Gasteiger charge is -2.17. The zero-order chi connectivity index (χ0) is 25.3. The van der Waals surface area contributed by atoms with E-state index in [-0.39, 0.29) is 45.6 Å². The number of nitrogens with zero attached hydrogens (tertiary/aromatic N) is 3. The summed E-state index contributed by atoms with van der Waals surface area (Å²) in [7, 11) is 1.41. The third kappa shape index (κ3) is 5.39. The molecular weight excluding hydrogens is 513 g/mol. The van der Waals surface area contributed by atoms with Crippen molar-refractivity contribution >= 4 is 68.8 Å². The summed E-state index contributed by atoms with van der Waals surface area (Å²) in [6, 6.07) is 8.39. The van der Waals surface area contributed by atoms with Crippen LogP contribution in [0.1, 0.15) is 40.2 Å². The number of carbonyl (C=O) groups excluding carboxylic acids is 3. The number of nitrogens with one attached hydrogen (secondary N) is 2. The molecule has 0 aliphatic carbocycles. The summed E-state index contributed by atoms with van der Waals surface area (Å²) in [5.41, 5.74) is 2.17. The molecule has 1 aromatic heterocycles. The van der Waals surface area contributed by atoms with Crippen LogP contribution in [0.2, 0.25) is 10.0 Å². The fourth-order valence-corrected chi connectivity index (χ4v) is 4.89. The smallest absolute Gasteiger partial charge is 0.261 e. The van der Waals surface area contributed by atoms with E-state index in [1.165, 1.54) is 37.5 Å². The van der Waals surface area contributed by atoms with E-state index in [4.69, 9.17) is 27.9 Å². The number of hydrogen-bond donors (Lipinski definition) is 2. The van der Waals surface area contributed by atoms with Gasteiger partial charge in [0.05, 0.1) is 23.4 Å². The van der Waals surface area contributed by atoms with Crippen molar-refractivity contribution in [1.82, 2.24) is 10.2 Å². The zero-order valence-corrected chi connectivity index (χ0v) is 21.3. The minimum absolute atomic E-state index is 0.0330. The summed E-state index contributed by atoms with van der Waals surface area (Å²) >= 11 is 13.6. The molecule has 1 saturated heterocycles. The number of aryl methyl sites for hydroxylation is 1. The van der Waals surface area contributed by atoms with Crippen LogP contribution in [0.5, 0.6) is 5.75 Å². The molecule has 4 rings (SSSR count). The van der Waals surface area contributed by atoms with Crippen LogP contribution in [-0.2, 0) is 9.59 Å². The highest BCUT2D eigenvalue weighted by Gasteiger charge is 2.34. The molecule has 2 N–H and O–H groups in total. The molecule has 0 radical (unpaired) electrons. The van der Waals surface area contributed by atoms with Gasteiger partial charge in [-0.25, -0.2) is 0 Å². The molecule has 3 amide bonds. The number of methoxy groups -OCH3 is 1. The maximum absolute atomic E-state index is 12.9. The Labute approximate surface area is 215 Å². The van der Waals surface area contributed by atoms with Crippen LogP contribution in [0.3, 0.4) is 0 Å². The van der Waals surface area contributed by atoms with Gasteiger partial charge in [-0.15, -0.1) is 10.2 Å². The van der Waals surface area contributed by atoms with Gasteiger partial charge in [0.25, 0.3) is 5.91 Å². The second-order valence-electron chi connectivity index (χ2n) is 7.95. The average Bonchev–Trinajstić information content (AvgIpc) is 3.43. The molecule has 1 aliphatic rings. The first-order chi connectivity index (χ1) is 16.7. The number of benzene rings is 2. The Morgan fingerprint density at radius 1 is 1.14 bits per heavy atom. The number of halogens is 2. The third-order valence-electron chi connectivity index (χ3n) is 5.45. The molecule has 3 aromatic rings. The van der Waals surface area contributed by atoms with Crippen molar-refractivity contribution in [2.24, 2.45) is 0 Å². The predicted molar refractivity (Wildman–Crippen MR) is 136 cm³/mol. The van der Waals surface area contributed by atoms with Gasteiger partial charge < -0.3 is 15.0 Å². The molecule has 1 unspecified atom stereocenters. The summed E-state index contributed by atoms with van der Waals surface area (Å²) in [5, 5.41) is 15.2. The van der Waals surface area contributed by atoms with E-state index in [0.29, 0.717) is 22.3 Å². The van der Waals surface area contributed by atoms with Gasteiger partial charge >= 0.3 is 0 Å². The standard InChI is InChI=1S/C23H21Cl2N5O4S/c1-11-4-5-14(7-16(11)24)30-10-13(6-20(30)32)22-28-29-23(35-22)27-21(33)15-8-17(25)18(26-12(2)31)9-19(15)34-3/h4-5,7-9,13H,6,10H2,1-3H3,(H,26,31)(H,27,29,33). The van der Waals surface area contributed by atoms with Gasteiger partial charge in [-0.2, -0.15) is 0 Å². The second-order valence-corrected chi connectivity index (χ2v) is 9.78. The van der Waals surface area contributed by atoms with Crippen molar-refractivity contribution in [2.75, 3.05) is 29.2 Å². The number of aromatic nitrogens is 2. The summed E-state index contributed by atoms with van der Waals surface area (Å²) in [6.07, 6.45) is 0.280. The maximum atomic E-state index is 12.9. The average molecular weight is 534 g/mol. The van der Waals surface area contributed by atoms with E-state index < -0.39 is 5.91 Å². The third-order valence-corrected chi connectivity index (χ3v) is 7.17. The molecule has 1 atom stereocenters. The zero-order valence-electron chi connectivity index (χ0n) is 19.0. The number of hydrogen-bond acceptors (Lipinski definition) is 7. The molecule has 1 fully saturated rings. The molecule has 9 nitrogen and oxygen atoms in total. The Morgan fingerprint density at radius 2 is 1.91 bits per heavy atom. The van der Waals surface area contributed by atoms with Crippen LogP contribution in [0.25, 0.3) is 0 Å². The first-order valence-corrected chi connectivity index (χ1v) is 12.1. The van der Waals surface area contributed by atoms with Crippen LogP contribution < -0.4 is 20.3 Å². The van der Waals surface area contributed by atoms with Crippen LogP contribution >= 0.6 is 34.5 Å². The maximum Gasteiger partial charge on any atom is 0.261 e. The van der Waals surface area contributed by atoms with Crippen LogP contribution in [0.15, 0.2) is 30.3 Å². The largest absolute Gasteiger partial charge is 0.496 e. The predicted octanol–water partition coefficient (Wildman–Crippen LogP) is 4.89. The molecule has 0 spiro atoms. The lowest BCUT2D eigenvalue weighted by Crippen LogP contribution is -2.24. The quantitative estimate of drug-likeness (QED) is 0.466. The Balaban J connectivity index is 1.48. The van der Waals surface area contributed by atoms with E-state index in [2.05, 4.69) is 20.8 Å². The molecule has 0 saturated carbocycles. The molecule has 182 valence electrons. The van der Waals surface area contributed by atoms with Gasteiger partial charge in [0.2, 0.25) is 16.9 Å². The lowest BCUT2D eigenvalue weighted by atomic mass is 10.1. The van der Waals surface area contributed by atoms with Crippen LogP contribution in [0, 0.1) is 6.92 Å². The number of anilines is 3. The van der Waals surface area contributed by atoms with Crippen molar-refractivity contribution in [3.63, 3.8) is 0 Å². The number of rotatable bonds is 6. The minimum atomic E-state index is -0.501. The summed E-state index contributed by atoms with van der Waals surface area (Å²) in [6.45, 7) is 3.69. The van der Waals surface area contributed by atoms with Gasteiger partial charge in [-0.3, -0.25) is 19.7 Å². The highest BCUT2D eigenvalue weighted by molar-refractivity contribution is 7.15. The molecule has 2 aromatic carbocycles. The molecule has 0 bridgehead atoms. The molecule has 35 heavy (non-hydrogen) atoms. The topological polar surface area (TPSA) is 114 Å². The monoisotopic (exact) mass is 533 g/mol. The van der Waals surface area contributed by atoms with E-state index in [0.717, 1.165) is 11.3 Å². The lowest BCUT2D eigenvalue weighted by molar-refractivity contribution is -0.117. The number of ether oxygens (including phenoxy) is 1. The van der Waals surface area contributed by atoms with Gasteiger partial charge in [-0.05, 0) is 30.7 Å². The summed E-state index contributed by atoms with van der Waals surface area (Å²) in [4.78, 5) is 38.6. The van der Waals surface area contributed by atoms with E-state index in [1.54, 1.807) is 11.0 Å². The highest BCUT2D eigenvalue weighted by Crippen LogP contribution is 2.36. The Morgan fingerprint density at radius 3 is 2.60 bits per heavy atom. The number of carbonyl (C=O) groups is 3. The van der Waals surface area contributed by atoms with Gasteiger partial charge in [0.1, 0.15) is 10.8 Å². The van der Waals surface area contributed by atoms with Crippen molar-refractivity contribution in [3.05, 3.63) is 56.5 Å². The van der Waals surface area contributed by atoms with Gasteiger partial charge in [0.15, 0.2) is 0 Å². The fourth-order valence-electron chi connectivity index (χ4n) is 3.67. The van der Waals surface area contributed by atoms with Crippen molar-refractivity contribution in [2.45, 2.75) is 26.2 Å². The first kappa shape index (κ1) is 24.9. The number of amides is 3. The Bertz CT molecular complexity index is 1330.